The summed E-state index contributed by atoms with van der Waals surface area (Å²) < 4.78 is 0. The molecule has 0 bridgehead atoms. The van der Waals surface area contributed by atoms with Crippen molar-refractivity contribution >= 4 is 35.8 Å². The zero-order chi connectivity index (χ0) is 14.2. The van der Waals surface area contributed by atoms with E-state index in [0.717, 1.165) is 31.6 Å². The van der Waals surface area contributed by atoms with Crippen LogP contribution in [0.25, 0.3) is 0 Å². The number of nitrogens with one attached hydrogen (secondary N) is 2. The van der Waals surface area contributed by atoms with E-state index < -0.39 is 0 Å². The Kier molecular flexibility index (Phi) is 8.03. The maximum Gasteiger partial charge on any atom is 0.241 e. The molecule has 0 spiro atoms. The van der Waals surface area contributed by atoms with E-state index in [1.54, 1.807) is 13.2 Å². The lowest BCUT2D eigenvalue weighted by Crippen LogP contribution is -2.43. The molecular formula is C14H22IN5O. The summed E-state index contributed by atoms with van der Waals surface area (Å²) in [5, 5.41) is 6.17. The highest BCUT2D eigenvalue weighted by molar-refractivity contribution is 14.0. The summed E-state index contributed by atoms with van der Waals surface area (Å²) >= 11 is 0. The minimum absolute atomic E-state index is 0. The molecule has 1 saturated heterocycles. The molecule has 1 aromatic heterocycles. The van der Waals surface area contributed by atoms with E-state index in [-0.39, 0.29) is 36.4 Å². The van der Waals surface area contributed by atoms with E-state index in [4.69, 9.17) is 0 Å². The number of halogens is 1. The van der Waals surface area contributed by atoms with Crippen LogP contribution >= 0.6 is 24.0 Å². The molecule has 0 atom stereocenters. The van der Waals surface area contributed by atoms with E-state index in [1.807, 2.05) is 23.1 Å². The molecule has 1 aliphatic rings. The Hall–Kier alpha value is -1.38. The number of amides is 1. The molecule has 116 valence electrons. The van der Waals surface area contributed by atoms with Crippen LogP contribution < -0.4 is 10.6 Å². The van der Waals surface area contributed by atoms with E-state index in [0.29, 0.717) is 12.5 Å². The highest BCUT2D eigenvalue weighted by atomic mass is 127. The number of hydrogen-bond acceptors (Lipinski definition) is 3. The fourth-order valence-electron chi connectivity index (χ4n) is 2.14. The molecule has 21 heavy (non-hydrogen) atoms. The predicted octanol–water partition coefficient (Wildman–Crippen LogP) is 0.987. The van der Waals surface area contributed by atoms with E-state index in [9.17, 15) is 4.79 Å². The second kappa shape index (κ2) is 9.54. The normalized spacial score (nSPS) is 14.5. The van der Waals surface area contributed by atoms with Crippen LogP contribution in [0.4, 0.5) is 0 Å². The van der Waals surface area contributed by atoms with Gasteiger partial charge >= 0.3 is 0 Å². The van der Waals surface area contributed by atoms with Crippen molar-refractivity contribution in [1.29, 1.82) is 0 Å². The second-order valence-corrected chi connectivity index (χ2v) is 4.69. The molecule has 1 fully saturated rings. The van der Waals surface area contributed by atoms with Crippen molar-refractivity contribution in [2.24, 2.45) is 4.99 Å². The Bertz CT molecular complexity index is 460. The van der Waals surface area contributed by atoms with Crippen LogP contribution in [0.3, 0.4) is 0 Å². The number of aromatic nitrogens is 1. The van der Waals surface area contributed by atoms with Crippen molar-refractivity contribution in [2.75, 3.05) is 26.7 Å². The number of likely N-dealkylation sites (tertiary alicyclic amines) is 1. The molecule has 6 nitrogen and oxygen atoms in total. The maximum atomic E-state index is 11.9. The van der Waals surface area contributed by atoms with Gasteiger partial charge in [-0.2, -0.15) is 0 Å². The van der Waals surface area contributed by atoms with Gasteiger partial charge in [-0.05, 0) is 25.0 Å². The van der Waals surface area contributed by atoms with Gasteiger partial charge in [-0.3, -0.25) is 14.8 Å². The van der Waals surface area contributed by atoms with E-state index in [1.165, 1.54) is 0 Å². The standard InChI is InChI=1S/C14H21N5O.HI/c1-15-14(17-10-12-6-2-3-7-16-12)18-11-13(20)19-8-4-5-9-19;/h2-3,6-7H,4-5,8-11H2,1H3,(H2,15,17,18);1H. The van der Waals surface area contributed by atoms with Gasteiger partial charge in [0.25, 0.3) is 0 Å². The number of rotatable bonds is 4. The van der Waals surface area contributed by atoms with Gasteiger partial charge in [0.15, 0.2) is 5.96 Å². The lowest BCUT2D eigenvalue weighted by atomic mass is 10.3. The monoisotopic (exact) mass is 403 g/mol. The predicted molar refractivity (Wildman–Crippen MR) is 93.7 cm³/mol. The minimum atomic E-state index is 0. The Morgan fingerprint density at radius 3 is 2.71 bits per heavy atom. The molecule has 1 amide bonds. The van der Waals surface area contributed by atoms with Crippen LogP contribution in [0.2, 0.25) is 0 Å². The molecule has 0 radical (unpaired) electrons. The zero-order valence-electron chi connectivity index (χ0n) is 12.2. The lowest BCUT2D eigenvalue weighted by Gasteiger charge is -2.17. The van der Waals surface area contributed by atoms with Crippen LogP contribution in [0.15, 0.2) is 29.4 Å². The number of carbonyl (C=O) groups is 1. The van der Waals surface area contributed by atoms with Crippen molar-refractivity contribution in [2.45, 2.75) is 19.4 Å². The highest BCUT2D eigenvalue weighted by Gasteiger charge is 2.17. The first-order valence-corrected chi connectivity index (χ1v) is 6.92. The topological polar surface area (TPSA) is 69.6 Å². The molecule has 0 aliphatic carbocycles. The quantitative estimate of drug-likeness (QED) is 0.447. The van der Waals surface area contributed by atoms with Crippen LogP contribution in [0.1, 0.15) is 18.5 Å². The fourth-order valence-corrected chi connectivity index (χ4v) is 2.14. The van der Waals surface area contributed by atoms with Gasteiger partial charge in [0, 0.05) is 26.3 Å². The largest absolute Gasteiger partial charge is 0.351 e. The fraction of sp³-hybridized carbons (Fsp3) is 0.500. The van der Waals surface area contributed by atoms with Gasteiger partial charge in [-0.1, -0.05) is 6.07 Å². The van der Waals surface area contributed by atoms with Gasteiger partial charge < -0.3 is 15.5 Å². The molecule has 2 heterocycles. The summed E-state index contributed by atoms with van der Waals surface area (Å²) in [4.78, 5) is 22.1. The second-order valence-electron chi connectivity index (χ2n) is 4.69. The van der Waals surface area contributed by atoms with Gasteiger partial charge in [-0.15, -0.1) is 24.0 Å². The first kappa shape index (κ1) is 17.7. The molecule has 0 unspecified atom stereocenters. The van der Waals surface area contributed by atoms with Crippen LogP contribution in [0.5, 0.6) is 0 Å². The Morgan fingerprint density at radius 2 is 2.10 bits per heavy atom. The average molecular weight is 403 g/mol. The summed E-state index contributed by atoms with van der Waals surface area (Å²) in [6, 6.07) is 5.76. The van der Waals surface area contributed by atoms with Crippen molar-refractivity contribution < 1.29 is 4.79 Å². The van der Waals surface area contributed by atoms with Crippen LogP contribution in [0, 0.1) is 0 Å². The molecule has 1 aliphatic heterocycles. The average Bonchev–Trinajstić information content (AvgIpc) is 3.02. The lowest BCUT2D eigenvalue weighted by molar-refractivity contribution is -0.128. The Morgan fingerprint density at radius 1 is 1.33 bits per heavy atom. The van der Waals surface area contributed by atoms with Gasteiger partial charge in [0.05, 0.1) is 18.8 Å². The number of pyridine rings is 1. The molecule has 0 aromatic carbocycles. The number of nitrogens with zero attached hydrogens (tertiary/aromatic N) is 3. The number of hydrogen-bond donors (Lipinski definition) is 2. The number of aliphatic imine (C=N–C) groups is 1. The minimum Gasteiger partial charge on any atom is -0.351 e. The van der Waals surface area contributed by atoms with Crippen LogP contribution in [-0.2, 0) is 11.3 Å². The van der Waals surface area contributed by atoms with E-state index >= 15 is 0 Å². The zero-order valence-corrected chi connectivity index (χ0v) is 14.5. The Labute approximate surface area is 142 Å². The SMILES string of the molecule is CN=C(NCC(=O)N1CCCC1)NCc1ccccn1.I. The third-order valence-electron chi connectivity index (χ3n) is 3.25. The molecular weight excluding hydrogens is 381 g/mol. The van der Waals surface area contributed by atoms with Crippen molar-refractivity contribution in [3.05, 3.63) is 30.1 Å². The summed E-state index contributed by atoms with van der Waals surface area (Å²) in [5.74, 6) is 0.742. The first-order chi connectivity index (χ1) is 9.79. The van der Waals surface area contributed by atoms with Crippen LogP contribution in [-0.4, -0.2) is 48.4 Å². The third-order valence-corrected chi connectivity index (χ3v) is 3.25. The molecule has 7 heteroatoms. The van der Waals surface area contributed by atoms with Crippen molar-refractivity contribution in [3.63, 3.8) is 0 Å². The summed E-state index contributed by atoms with van der Waals surface area (Å²) in [6.45, 7) is 2.61. The summed E-state index contributed by atoms with van der Waals surface area (Å²) in [6.07, 6.45) is 3.97. The maximum absolute atomic E-state index is 11.9. The third kappa shape index (κ3) is 5.86. The highest BCUT2D eigenvalue weighted by Crippen LogP contribution is 2.06. The van der Waals surface area contributed by atoms with Crippen molar-refractivity contribution in [3.8, 4) is 0 Å². The summed E-state index contributed by atoms with van der Waals surface area (Å²) in [7, 11) is 1.69. The van der Waals surface area contributed by atoms with Gasteiger partial charge in [0.1, 0.15) is 0 Å². The van der Waals surface area contributed by atoms with Gasteiger partial charge in [0.2, 0.25) is 5.91 Å². The first-order valence-electron chi connectivity index (χ1n) is 6.92. The number of carbonyl (C=O) groups excluding carboxylic acids is 1. The smallest absolute Gasteiger partial charge is 0.241 e. The van der Waals surface area contributed by atoms with Gasteiger partial charge in [-0.25, -0.2) is 0 Å². The Balaban J connectivity index is 0.00000220. The molecule has 1 aromatic rings. The molecule has 2 N–H and O–H groups in total. The number of guanidine groups is 1. The summed E-state index contributed by atoms with van der Waals surface area (Å²) in [5.41, 5.74) is 0.932. The van der Waals surface area contributed by atoms with E-state index in [2.05, 4.69) is 20.6 Å². The van der Waals surface area contributed by atoms with Crippen molar-refractivity contribution in [1.82, 2.24) is 20.5 Å². The molecule has 0 saturated carbocycles. The molecule has 2 rings (SSSR count).